The molecule has 8 heteroatoms. The van der Waals surface area contributed by atoms with Gasteiger partial charge in [-0.25, -0.2) is 4.79 Å². The van der Waals surface area contributed by atoms with Crippen LogP contribution in [0.4, 0.5) is 13.2 Å². The second kappa shape index (κ2) is 11.0. The first-order chi connectivity index (χ1) is 12.7. The zero-order chi connectivity index (χ0) is 20.3. The molecule has 3 N–H and O–H groups in total. The second-order valence-electron chi connectivity index (χ2n) is 5.53. The number of carbonyl (C=O) groups excluding carboxylic acids is 1. The van der Waals surface area contributed by atoms with E-state index in [2.05, 4.69) is 22.8 Å². The van der Waals surface area contributed by atoms with Gasteiger partial charge in [-0.2, -0.15) is 13.2 Å². The maximum absolute atomic E-state index is 12.0. The number of carboxylic acids is 1. The molecule has 0 fully saturated rings. The van der Waals surface area contributed by atoms with Crippen LogP contribution in [0.1, 0.15) is 11.1 Å². The number of benzene rings is 2. The Kier molecular flexibility index (Phi) is 9.01. The minimum Gasteiger partial charge on any atom is -0.475 e. The summed E-state index contributed by atoms with van der Waals surface area (Å²) in [4.78, 5) is 20.9. The monoisotopic (exact) mass is 382 g/mol. The molecule has 0 spiro atoms. The highest BCUT2D eigenvalue weighted by Crippen LogP contribution is 2.13. The quantitative estimate of drug-likeness (QED) is 0.718. The number of likely N-dealkylation sites (N-methyl/N-ethyl adjacent to an activating group) is 1. The van der Waals surface area contributed by atoms with E-state index >= 15 is 0 Å². The van der Waals surface area contributed by atoms with E-state index in [0.717, 1.165) is 5.56 Å². The van der Waals surface area contributed by atoms with E-state index in [4.69, 9.17) is 9.90 Å². The number of halogens is 3. The number of carboxylic acid groups (broad SMARTS) is 1. The molecule has 0 aromatic heterocycles. The third kappa shape index (κ3) is 8.87. The average Bonchev–Trinajstić information content (AvgIpc) is 2.66. The van der Waals surface area contributed by atoms with Gasteiger partial charge in [0.2, 0.25) is 5.91 Å². The molecule has 0 bridgehead atoms. The van der Waals surface area contributed by atoms with E-state index in [-0.39, 0.29) is 11.9 Å². The number of amides is 1. The summed E-state index contributed by atoms with van der Waals surface area (Å²) >= 11 is 0. The van der Waals surface area contributed by atoms with Gasteiger partial charge < -0.3 is 15.7 Å². The molecule has 0 aliphatic rings. The van der Waals surface area contributed by atoms with Crippen LogP contribution < -0.4 is 10.6 Å². The summed E-state index contributed by atoms with van der Waals surface area (Å²) in [6.45, 7) is 0.686. The number of aliphatic carboxylic acids is 1. The number of nitrogens with one attached hydrogen (secondary N) is 2. The van der Waals surface area contributed by atoms with Crippen LogP contribution in [0.2, 0.25) is 0 Å². The molecule has 2 aromatic carbocycles. The van der Waals surface area contributed by atoms with Crippen molar-refractivity contribution in [1.29, 1.82) is 0 Å². The van der Waals surface area contributed by atoms with Crippen molar-refractivity contribution in [3.05, 3.63) is 71.8 Å². The Hall–Kier alpha value is -2.87. The van der Waals surface area contributed by atoms with Gasteiger partial charge in [-0.05, 0) is 17.5 Å². The summed E-state index contributed by atoms with van der Waals surface area (Å²) in [5, 5.41) is 13.2. The SMILES string of the molecule is CNC(=O)[C@H](Cc1ccccc1)NCc1ccccc1.O=C(O)C(F)(F)F. The molecule has 0 radical (unpaired) electrons. The van der Waals surface area contributed by atoms with Gasteiger partial charge in [0.05, 0.1) is 6.04 Å². The molecule has 146 valence electrons. The van der Waals surface area contributed by atoms with Crippen LogP contribution in [0, 0.1) is 0 Å². The van der Waals surface area contributed by atoms with Gasteiger partial charge in [-0.15, -0.1) is 0 Å². The lowest BCUT2D eigenvalue weighted by atomic mass is 10.0. The van der Waals surface area contributed by atoms with Crippen molar-refractivity contribution in [2.24, 2.45) is 0 Å². The third-order valence-corrected chi connectivity index (χ3v) is 3.48. The van der Waals surface area contributed by atoms with E-state index in [1.165, 1.54) is 5.56 Å². The van der Waals surface area contributed by atoms with Gasteiger partial charge in [0, 0.05) is 13.6 Å². The molecule has 27 heavy (non-hydrogen) atoms. The summed E-state index contributed by atoms with van der Waals surface area (Å²) in [5.74, 6) is -2.74. The summed E-state index contributed by atoms with van der Waals surface area (Å²) < 4.78 is 31.7. The predicted molar refractivity (Wildman–Crippen MR) is 95.0 cm³/mol. The first-order valence-electron chi connectivity index (χ1n) is 8.07. The van der Waals surface area contributed by atoms with Crippen molar-refractivity contribution in [3.63, 3.8) is 0 Å². The fraction of sp³-hybridized carbons (Fsp3) is 0.263. The van der Waals surface area contributed by atoms with Crippen molar-refractivity contribution in [1.82, 2.24) is 10.6 Å². The molecule has 2 rings (SSSR count). The summed E-state index contributed by atoms with van der Waals surface area (Å²) in [5.41, 5.74) is 2.33. The smallest absolute Gasteiger partial charge is 0.475 e. The average molecular weight is 382 g/mol. The Morgan fingerprint density at radius 2 is 1.41 bits per heavy atom. The van der Waals surface area contributed by atoms with Crippen LogP contribution >= 0.6 is 0 Å². The molecular weight excluding hydrogens is 361 g/mol. The van der Waals surface area contributed by atoms with Gasteiger partial charge in [0.25, 0.3) is 0 Å². The summed E-state index contributed by atoms with van der Waals surface area (Å²) in [6.07, 6.45) is -4.40. The Balaban J connectivity index is 0.000000445. The minimum atomic E-state index is -5.08. The normalized spacial score (nSPS) is 11.7. The highest BCUT2D eigenvalue weighted by Gasteiger charge is 2.38. The molecule has 0 unspecified atom stereocenters. The lowest BCUT2D eigenvalue weighted by Gasteiger charge is -2.17. The number of hydrogen-bond acceptors (Lipinski definition) is 3. The van der Waals surface area contributed by atoms with Gasteiger partial charge in [-0.1, -0.05) is 60.7 Å². The Morgan fingerprint density at radius 1 is 0.963 bits per heavy atom. The number of carbonyl (C=O) groups is 2. The lowest BCUT2D eigenvalue weighted by molar-refractivity contribution is -0.192. The number of alkyl halides is 3. The van der Waals surface area contributed by atoms with Crippen molar-refractivity contribution in [3.8, 4) is 0 Å². The summed E-state index contributed by atoms with van der Waals surface area (Å²) in [6, 6.07) is 19.9. The number of hydrogen-bond donors (Lipinski definition) is 3. The molecular formula is C19H21F3N2O3. The maximum atomic E-state index is 12.0. The molecule has 5 nitrogen and oxygen atoms in total. The van der Waals surface area contributed by atoms with E-state index in [0.29, 0.717) is 13.0 Å². The zero-order valence-electron chi connectivity index (χ0n) is 14.7. The Bertz CT molecular complexity index is 707. The highest BCUT2D eigenvalue weighted by molar-refractivity contribution is 5.81. The lowest BCUT2D eigenvalue weighted by Crippen LogP contribution is -2.44. The van der Waals surface area contributed by atoms with Crippen molar-refractivity contribution in [2.45, 2.75) is 25.2 Å². The fourth-order valence-electron chi connectivity index (χ4n) is 2.12. The first-order valence-corrected chi connectivity index (χ1v) is 8.07. The van der Waals surface area contributed by atoms with Gasteiger partial charge in [0.1, 0.15) is 0 Å². The van der Waals surface area contributed by atoms with Crippen molar-refractivity contribution < 1.29 is 27.9 Å². The van der Waals surface area contributed by atoms with E-state index < -0.39 is 12.1 Å². The molecule has 1 atom stereocenters. The zero-order valence-corrected chi connectivity index (χ0v) is 14.7. The van der Waals surface area contributed by atoms with Crippen LogP contribution in [0.5, 0.6) is 0 Å². The van der Waals surface area contributed by atoms with E-state index in [1.54, 1.807) is 7.05 Å². The molecule has 0 aliphatic carbocycles. The van der Waals surface area contributed by atoms with Crippen molar-refractivity contribution >= 4 is 11.9 Å². The molecule has 0 saturated heterocycles. The molecule has 2 aromatic rings. The van der Waals surface area contributed by atoms with Crippen LogP contribution in [0.15, 0.2) is 60.7 Å². The highest BCUT2D eigenvalue weighted by atomic mass is 19.4. The van der Waals surface area contributed by atoms with Gasteiger partial charge >= 0.3 is 12.1 Å². The van der Waals surface area contributed by atoms with Crippen LogP contribution in [0.25, 0.3) is 0 Å². The van der Waals surface area contributed by atoms with E-state index in [1.807, 2.05) is 48.5 Å². The molecule has 1 amide bonds. The van der Waals surface area contributed by atoms with Gasteiger partial charge in [-0.3, -0.25) is 4.79 Å². The second-order valence-corrected chi connectivity index (χ2v) is 5.53. The van der Waals surface area contributed by atoms with Crippen LogP contribution in [-0.2, 0) is 22.6 Å². The largest absolute Gasteiger partial charge is 0.490 e. The standard InChI is InChI=1S/C17H20N2O.C2HF3O2/c1-18-17(20)16(12-14-8-4-2-5-9-14)19-13-15-10-6-3-7-11-15;3-2(4,5)1(6)7/h2-11,16,19H,12-13H2,1H3,(H,18,20);(H,6,7)/t16-;/m0./s1. The maximum Gasteiger partial charge on any atom is 0.490 e. The van der Waals surface area contributed by atoms with Crippen molar-refractivity contribution in [2.75, 3.05) is 7.05 Å². The Morgan fingerprint density at radius 3 is 1.81 bits per heavy atom. The number of rotatable bonds is 6. The molecule has 0 saturated carbocycles. The minimum absolute atomic E-state index is 0.0183. The fourth-order valence-corrected chi connectivity index (χ4v) is 2.12. The molecule has 0 aliphatic heterocycles. The van der Waals surface area contributed by atoms with Gasteiger partial charge in [0.15, 0.2) is 0 Å². The third-order valence-electron chi connectivity index (χ3n) is 3.48. The predicted octanol–water partition coefficient (Wildman–Crippen LogP) is 2.77. The Labute approximate surface area is 155 Å². The van der Waals surface area contributed by atoms with Crippen LogP contribution in [-0.4, -0.2) is 36.2 Å². The summed E-state index contributed by atoms with van der Waals surface area (Å²) in [7, 11) is 1.67. The van der Waals surface area contributed by atoms with Crippen LogP contribution in [0.3, 0.4) is 0 Å². The molecule has 0 heterocycles. The van der Waals surface area contributed by atoms with E-state index in [9.17, 15) is 18.0 Å². The first kappa shape index (κ1) is 22.2. The topological polar surface area (TPSA) is 78.4 Å².